The van der Waals surface area contributed by atoms with Gasteiger partial charge in [-0.1, -0.05) is 60.7 Å². The zero-order valence-electron chi connectivity index (χ0n) is 11.5. The van der Waals surface area contributed by atoms with Crippen molar-refractivity contribution in [3.05, 3.63) is 78.0 Å². The number of aromatic nitrogens is 2. The van der Waals surface area contributed by atoms with Crippen LogP contribution in [0.5, 0.6) is 0 Å². The summed E-state index contributed by atoms with van der Waals surface area (Å²) in [5.74, 6) is 0. The van der Waals surface area contributed by atoms with E-state index in [-0.39, 0.29) is 0 Å². The van der Waals surface area contributed by atoms with Crippen LogP contribution < -0.4 is 0 Å². The quantitative estimate of drug-likeness (QED) is 0.552. The lowest BCUT2D eigenvalue weighted by molar-refractivity contribution is 1.34. The van der Waals surface area contributed by atoms with Gasteiger partial charge in [-0.3, -0.25) is 0 Å². The first-order valence-electron chi connectivity index (χ1n) is 7.00. The molecule has 2 heteroatoms. The standard InChI is InChI=1S/C19H14N2/c1-2-6-14(7-3-1)10-11-15-12-13-20-19-18(15)16-8-4-5-9-17(16)21-19/h1-13H,(H,20,21). The normalized spacial score (nSPS) is 11.6. The number of rotatable bonds is 2. The van der Waals surface area contributed by atoms with Crippen LogP contribution in [0.25, 0.3) is 34.1 Å². The molecule has 0 radical (unpaired) electrons. The number of benzene rings is 2. The molecule has 0 saturated heterocycles. The Morgan fingerprint density at radius 2 is 1.62 bits per heavy atom. The topological polar surface area (TPSA) is 28.7 Å². The fraction of sp³-hybridized carbons (Fsp3) is 0. The Morgan fingerprint density at radius 1 is 0.810 bits per heavy atom. The van der Waals surface area contributed by atoms with Gasteiger partial charge in [0.1, 0.15) is 5.65 Å². The number of pyridine rings is 1. The molecule has 0 unspecified atom stereocenters. The van der Waals surface area contributed by atoms with Crippen molar-refractivity contribution < 1.29 is 0 Å². The number of H-pyrrole nitrogens is 1. The van der Waals surface area contributed by atoms with Crippen molar-refractivity contribution in [3.63, 3.8) is 0 Å². The van der Waals surface area contributed by atoms with Crippen LogP contribution in [0.4, 0.5) is 0 Å². The van der Waals surface area contributed by atoms with Gasteiger partial charge in [-0.25, -0.2) is 4.98 Å². The highest BCUT2D eigenvalue weighted by atomic mass is 14.8. The van der Waals surface area contributed by atoms with Crippen LogP contribution in [0.15, 0.2) is 66.9 Å². The van der Waals surface area contributed by atoms with Gasteiger partial charge in [0.2, 0.25) is 0 Å². The number of hydrogen-bond donors (Lipinski definition) is 1. The first kappa shape index (κ1) is 11.9. The second-order valence-electron chi connectivity index (χ2n) is 5.04. The Bertz CT molecular complexity index is 934. The molecule has 0 spiro atoms. The highest BCUT2D eigenvalue weighted by Crippen LogP contribution is 2.27. The fourth-order valence-electron chi connectivity index (χ4n) is 2.68. The van der Waals surface area contributed by atoms with Gasteiger partial charge in [0.05, 0.1) is 0 Å². The molecule has 21 heavy (non-hydrogen) atoms. The van der Waals surface area contributed by atoms with E-state index in [2.05, 4.69) is 58.5 Å². The van der Waals surface area contributed by atoms with Crippen molar-refractivity contribution >= 4 is 34.1 Å². The van der Waals surface area contributed by atoms with Gasteiger partial charge in [-0.2, -0.15) is 0 Å². The molecule has 2 aromatic heterocycles. The molecule has 0 aliphatic carbocycles. The summed E-state index contributed by atoms with van der Waals surface area (Å²) in [5, 5.41) is 2.40. The number of para-hydroxylation sites is 1. The second kappa shape index (κ2) is 4.91. The van der Waals surface area contributed by atoms with Crippen molar-refractivity contribution in [2.75, 3.05) is 0 Å². The van der Waals surface area contributed by atoms with E-state index in [1.54, 1.807) is 0 Å². The lowest BCUT2D eigenvalue weighted by Gasteiger charge is -1.98. The minimum atomic E-state index is 0.936. The molecule has 4 rings (SSSR count). The van der Waals surface area contributed by atoms with Gasteiger partial charge in [0.15, 0.2) is 0 Å². The molecule has 1 N–H and O–H groups in total. The van der Waals surface area contributed by atoms with E-state index in [9.17, 15) is 0 Å². The van der Waals surface area contributed by atoms with E-state index in [1.807, 2.05) is 30.5 Å². The molecule has 2 aromatic carbocycles. The number of hydrogen-bond acceptors (Lipinski definition) is 1. The molecule has 2 heterocycles. The highest BCUT2D eigenvalue weighted by molar-refractivity contribution is 6.10. The summed E-state index contributed by atoms with van der Waals surface area (Å²) in [5.41, 5.74) is 4.44. The number of nitrogens with zero attached hydrogens (tertiary/aromatic N) is 1. The van der Waals surface area contributed by atoms with Gasteiger partial charge in [-0.05, 0) is 23.3 Å². The van der Waals surface area contributed by atoms with Crippen molar-refractivity contribution in [1.29, 1.82) is 0 Å². The van der Waals surface area contributed by atoms with E-state index >= 15 is 0 Å². The minimum Gasteiger partial charge on any atom is -0.339 e. The summed E-state index contributed by atoms with van der Waals surface area (Å²) < 4.78 is 0. The summed E-state index contributed by atoms with van der Waals surface area (Å²) >= 11 is 0. The van der Waals surface area contributed by atoms with Crippen LogP contribution >= 0.6 is 0 Å². The zero-order chi connectivity index (χ0) is 14.1. The van der Waals surface area contributed by atoms with Crippen molar-refractivity contribution in [2.24, 2.45) is 0 Å². The molecule has 0 aliphatic rings. The van der Waals surface area contributed by atoms with Crippen molar-refractivity contribution in [3.8, 4) is 0 Å². The Morgan fingerprint density at radius 3 is 2.52 bits per heavy atom. The summed E-state index contributed by atoms with van der Waals surface area (Å²) in [6, 6.07) is 20.7. The van der Waals surface area contributed by atoms with Gasteiger partial charge >= 0.3 is 0 Å². The number of fused-ring (bicyclic) bond motifs is 3. The summed E-state index contributed by atoms with van der Waals surface area (Å²) in [6.45, 7) is 0. The van der Waals surface area contributed by atoms with Crippen LogP contribution in [0.2, 0.25) is 0 Å². The molecular weight excluding hydrogens is 256 g/mol. The van der Waals surface area contributed by atoms with Crippen LogP contribution in [-0.2, 0) is 0 Å². The zero-order valence-corrected chi connectivity index (χ0v) is 11.5. The van der Waals surface area contributed by atoms with Crippen LogP contribution in [0.3, 0.4) is 0 Å². The molecule has 4 aromatic rings. The van der Waals surface area contributed by atoms with Crippen molar-refractivity contribution in [2.45, 2.75) is 0 Å². The van der Waals surface area contributed by atoms with Crippen LogP contribution in [0.1, 0.15) is 11.1 Å². The van der Waals surface area contributed by atoms with E-state index in [0.29, 0.717) is 0 Å². The monoisotopic (exact) mass is 270 g/mol. The second-order valence-corrected chi connectivity index (χ2v) is 5.04. The van der Waals surface area contributed by atoms with E-state index in [1.165, 1.54) is 21.9 Å². The molecule has 0 amide bonds. The Labute approximate surface area is 122 Å². The minimum absolute atomic E-state index is 0.936. The lowest BCUT2D eigenvalue weighted by Crippen LogP contribution is -1.79. The van der Waals surface area contributed by atoms with E-state index in [4.69, 9.17) is 0 Å². The maximum absolute atomic E-state index is 4.44. The number of nitrogens with one attached hydrogen (secondary N) is 1. The van der Waals surface area contributed by atoms with Gasteiger partial charge in [-0.15, -0.1) is 0 Å². The van der Waals surface area contributed by atoms with Gasteiger partial charge in [0.25, 0.3) is 0 Å². The van der Waals surface area contributed by atoms with E-state index < -0.39 is 0 Å². The average Bonchev–Trinajstić information content (AvgIpc) is 2.93. The Balaban J connectivity index is 1.90. The third-order valence-electron chi connectivity index (χ3n) is 3.69. The smallest absolute Gasteiger partial charge is 0.138 e. The molecule has 0 aliphatic heterocycles. The third kappa shape index (κ3) is 2.11. The van der Waals surface area contributed by atoms with Gasteiger partial charge < -0.3 is 4.98 Å². The van der Waals surface area contributed by atoms with Crippen LogP contribution in [-0.4, -0.2) is 9.97 Å². The predicted molar refractivity (Wildman–Crippen MR) is 89.0 cm³/mol. The SMILES string of the molecule is C(=Cc1ccnc2[nH]c3ccccc3c12)c1ccccc1. The van der Waals surface area contributed by atoms with Crippen molar-refractivity contribution in [1.82, 2.24) is 9.97 Å². The highest BCUT2D eigenvalue weighted by Gasteiger charge is 2.07. The fourth-order valence-corrected chi connectivity index (χ4v) is 2.68. The van der Waals surface area contributed by atoms with Gasteiger partial charge in [0, 0.05) is 22.5 Å². The molecule has 2 nitrogen and oxygen atoms in total. The first-order chi connectivity index (χ1) is 10.4. The Hall–Kier alpha value is -2.87. The largest absolute Gasteiger partial charge is 0.339 e. The molecule has 0 atom stereocenters. The summed E-state index contributed by atoms with van der Waals surface area (Å²) in [6.07, 6.45) is 6.14. The molecule has 0 saturated carbocycles. The van der Waals surface area contributed by atoms with E-state index in [0.717, 1.165) is 11.2 Å². The maximum atomic E-state index is 4.44. The summed E-state index contributed by atoms with van der Waals surface area (Å²) in [4.78, 5) is 7.82. The molecule has 100 valence electrons. The van der Waals surface area contributed by atoms with Crippen LogP contribution in [0, 0.1) is 0 Å². The molecule has 0 fully saturated rings. The Kier molecular flexibility index (Phi) is 2.79. The third-order valence-corrected chi connectivity index (χ3v) is 3.69. The average molecular weight is 270 g/mol. The maximum Gasteiger partial charge on any atom is 0.138 e. The summed E-state index contributed by atoms with van der Waals surface area (Å²) in [7, 11) is 0. The lowest BCUT2D eigenvalue weighted by atomic mass is 10.1. The first-order valence-corrected chi connectivity index (χ1v) is 7.00. The number of aromatic amines is 1. The molecular formula is C19H14N2. The predicted octanol–water partition coefficient (Wildman–Crippen LogP) is 4.89. The molecule has 0 bridgehead atoms.